The largest absolute Gasteiger partial charge is 0.480 e. The number of ether oxygens (including phenoxy) is 1. The van der Waals surface area contributed by atoms with E-state index in [2.05, 4.69) is 25.9 Å². The van der Waals surface area contributed by atoms with Crippen LogP contribution in [0.4, 0.5) is 0 Å². The average Bonchev–Trinajstić information content (AvgIpc) is 2.41. The molecular weight excluding hydrogens is 296 g/mol. The molecule has 2 aromatic rings. The number of methoxy groups -OCH3 is 1. The third kappa shape index (κ3) is 2.86. The highest BCUT2D eigenvalue weighted by Gasteiger charge is 2.17. The molecule has 0 saturated heterocycles. The lowest BCUT2D eigenvalue weighted by molar-refractivity contribution is 0.167. The van der Waals surface area contributed by atoms with Gasteiger partial charge in [-0.05, 0) is 11.6 Å². The second-order valence-electron chi connectivity index (χ2n) is 3.76. The molecule has 0 amide bonds. The minimum Gasteiger partial charge on any atom is -0.480 e. The van der Waals surface area contributed by atoms with Crippen LogP contribution in [-0.4, -0.2) is 22.2 Å². The number of hydrogen-bond donors (Lipinski definition) is 1. The van der Waals surface area contributed by atoms with E-state index in [1.54, 1.807) is 6.20 Å². The number of hydrogen-bond acceptors (Lipinski definition) is 4. The highest BCUT2D eigenvalue weighted by molar-refractivity contribution is 9.10. The summed E-state index contributed by atoms with van der Waals surface area (Å²) in [4.78, 5) is 8.15. The molecule has 1 atom stereocenters. The third-order valence-corrected chi connectivity index (χ3v) is 3.34. The fourth-order valence-electron chi connectivity index (χ4n) is 1.69. The summed E-state index contributed by atoms with van der Waals surface area (Å²) in [5.74, 6) is 0.358. The number of nitrogens with zero attached hydrogens (tertiary/aromatic N) is 2. The van der Waals surface area contributed by atoms with Gasteiger partial charge >= 0.3 is 0 Å². The van der Waals surface area contributed by atoms with Crippen LogP contribution >= 0.6 is 15.9 Å². The summed E-state index contributed by atoms with van der Waals surface area (Å²) in [6.07, 6.45) is 2.79. The van der Waals surface area contributed by atoms with Crippen molar-refractivity contribution in [1.82, 2.24) is 9.97 Å². The van der Waals surface area contributed by atoms with Crippen LogP contribution in [0.1, 0.15) is 17.4 Å². The minimum atomic E-state index is -0.743. The van der Waals surface area contributed by atoms with E-state index in [-0.39, 0.29) is 0 Å². The van der Waals surface area contributed by atoms with Crippen molar-refractivity contribution in [3.63, 3.8) is 0 Å². The maximum atomic E-state index is 10.2. The van der Waals surface area contributed by atoms with Crippen LogP contribution in [0.3, 0.4) is 0 Å². The van der Waals surface area contributed by atoms with Crippen molar-refractivity contribution in [1.29, 1.82) is 0 Å². The van der Waals surface area contributed by atoms with Gasteiger partial charge in [0.25, 0.3) is 0 Å². The smallest absolute Gasteiger partial charge is 0.238 e. The van der Waals surface area contributed by atoms with E-state index in [1.165, 1.54) is 13.3 Å². The lowest BCUT2D eigenvalue weighted by Crippen LogP contribution is -2.07. The quantitative estimate of drug-likeness (QED) is 0.943. The van der Waals surface area contributed by atoms with Gasteiger partial charge in [0.2, 0.25) is 5.88 Å². The Bertz CT molecular complexity index is 534. The Hall–Kier alpha value is -1.46. The molecule has 94 valence electrons. The van der Waals surface area contributed by atoms with Crippen molar-refractivity contribution >= 4 is 15.9 Å². The van der Waals surface area contributed by atoms with Crippen LogP contribution in [0.2, 0.25) is 0 Å². The van der Waals surface area contributed by atoms with Crippen molar-refractivity contribution in [2.45, 2.75) is 12.5 Å². The first-order chi connectivity index (χ1) is 8.72. The minimum absolute atomic E-state index is 0.358. The van der Waals surface area contributed by atoms with E-state index >= 15 is 0 Å². The summed E-state index contributed by atoms with van der Waals surface area (Å²) in [7, 11) is 1.51. The van der Waals surface area contributed by atoms with Crippen LogP contribution < -0.4 is 4.74 Å². The van der Waals surface area contributed by atoms with Crippen LogP contribution in [0.15, 0.2) is 41.1 Å². The third-order valence-electron chi connectivity index (χ3n) is 2.57. The number of halogens is 1. The van der Waals surface area contributed by atoms with Gasteiger partial charge in [0.05, 0.1) is 7.11 Å². The maximum Gasteiger partial charge on any atom is 0.238 e. The van der Waals surface area contributed by atoms with Crippen molar-refractivity contribution in [3.8, 4) is 5.88 Å². The first-order valence-electron chi connectivity index (χ1n) is 5.48. The molecule has 0 spiro atoms. The zero-order valence-electron chi connectivity index (χ0n) is 9.88. The molecule has 0 bridgehead atoms. The first-order valence-corrected chi connectivity index (χ1v) is 6.28. The summed E-state index contributed by atoms with van der Waals surface area (Å²) >= 11 is 3.45. The molecule has 1 aromatic heterocycles. The van der Waals surface area contributed by atoms with Crippen LogP contribution in [0.5, 0.6) is 5.88 Å². The summed E-state index contributed by atoms with van der Waals surface area (Å²) < 4.78 is 6.05. The van der Waals surface area contributed by atoms with Crippen molar-refractivity contribution in [2.24, 2.45) is 0 Å². The Morgan fingerprint density at radius 2 is 2.00 bits per heavy atom. The maximum absolute atomic E-state index is 10.2. The lowest BCUT2D eigenvalue weighted by atomic mass is 10.1. The van der Waals surface area contributed by atoms with E-state index in [0.717, 1.165) is 10.0 Å². The Labute approximate surface area is 114 Å². The molecule has 1 N–H and O–H groups in total. The van der Waals surface area contributed by atoms with Crippen molar-refractivity contribution in [2.75, 3.05) is 7.11 Å². The molecular formula is C13H13BrN2O2. The Morgan fingerprint density at radius 1 is 1.28 bits per heavy atom. The first kappa shape index (κ1) is 13.0. The lowest BCUT2D eigenvalue weighted by Gasteiger charge is -2.13. The molecule has 4 nitrogen and oxygen atoms in total. The standard InChI is InChI=1S/C13H13BrN2O2/c1-18-13-12(15-6-7-16-13)11(17)8-9-4-2-3-5-10(9)14/h2-7,11,17H,8H2,1H3. The molecule has 0 fully saturated rings. The van der Waals surface area contributed by atoms with Gasteiger partial charge in [0, 0.05) is 23.3 Å². The van der Waals surface area contributed by atoms with Crippen molar-refractivity contribution in [3.05, 3.63) is 52.4 Å². The molecule has 0 aliphatic rings. The van der Waals surface area contributed by atoms with Crippen LogP contribution in [0.25, 0.3) is 0 Å². The van der Waals surface area contributed by atoms with Gasteiger partial charge in [-0.15, -0.1) is 0 Å². The van der Waals surface area contributed by atoms with Gasteiger partial charge in [0.15, 0.2) is 0 Å². The molecule has 1 unspecified atom stereocenters. The summed E-state index contributed by atoms with van der Waals surface area (Å²) in [6, 6.07) is 7.76. The van der Waals surface area contributed by atoms with Gasteiger partial charge in [0.1, 0.15) is 11.8 Å². The normalized spacial score (nSPS) is 12.2. The fraction of sp³-hybridized carbons (Fsp3) is 0.231. The van der Waals surface area contributed by atoms with Gasteiger partial charge in [-0.3, -0.25) is 4.98 Å². The second kappa shape index (κ2) is 5.93. The van der Waals surface area contributed by atoms with Gasteiger partial charge < -0.3 is 9.84 Å². The summed E-state index contributed by atoms with van der Waals surface area (Å²) in [5, 5.41) is 10.2. The molecule has 1 heterocycles. The molecule has 1 aromatic carbocycles. The average molecular weight is 309 g/mol. The number of rotatable bonds is 4. The summed E-state index contributed by atoms with van der Waals surface area (Å²) in [6.45, 7) is 0. The molecule has 0 saturated carbocycles. The van der Waals surface area contributed by atoms with Gasteiger partial charge in [-0.25, -0.2) is 4.98 Å². The summed E-state index contributed by atoms with van der Waals surface area (Å²) in [5.41, 5.74) is 1.47. The Balaban J connectivity index is 2.22. The monoisotopic (exact) mass is 308 g/mol. The predicted molar refractivity (Wildman–Crippen MR) is 71.4 cm³/mol. The number of benzene rings is 1. The van der Waals surface area contributed by atoms with E-state index < -0.39 is 6.10 Å². The number of aliphatic hydroxyl groups is 1. The predicted octanol–water partition coefficient (Wildman–Crippen LogP) is 2.52. The Kier molecular flexibility index (Phi) is 4.28. The second-order valence-corrected chi connectivity index (χ2v) is 4.62. The van der Waals surface area contributed by atoms with E-state index in [1.807, 2.05) is 24.3 Å². The zero-order chi connectivity index (χ0) is 13.0. The number of aromatic nitrogens is 2. The molecule has 2 rings (SSSR count). The molecule has 0 aliphatic heterocycles. The Morgan fingerprint density at radius 3 is 2.72 bits per heavy atom. The van der Waals surface area contributed by atoms with E-state index in [0.29, 0.717) is 18.0 Å². The fourth-order valence-corrected chi connectivity index (χ4v) is 2.14. The molecule has 5 heteroatoms. The van der Waals surface area contributed by atoms with Gasteiger partial charge in [-0.1, -0.05) is 34.1 Å². The van der Waals surface area contributed by atoms with Crippen LogP contribution in [-0.2, 0) is 6.42 Å². The zero-order valence-corrected chi connectivity index (χ0v) is 11.5. The van der Waals surface area contributed by atoms with Gasteiger partial charge in [-0.2, -0.15) is 0 Å². The van der Waals surface area contributed by atoms with E-state index in [4.69, 9.17) is 4.74 Å². The topological polar surface area (TPSA) is 55.2 Å². The highest BCUT2D eigenvalue weighted by Crippen LogP contribution is 2.26. The molecule has 18 heavy (non-hydrogen) atoms. The number of aliphatic hydroxyl groups excluding tert-OH is 1. The van der Waals surface area contributed by atoms with E-state index in [9.17, 15) is 5.11 Å². The van der Waals surface area contributed by atoms with Crippen LogP contribution in [0, 0.1) is 0 Å². The SMILES string of the molecule is COc1nccnc1C(O)Cc1ccccc1Br. The van der Waals surface area contributed by atoms with Crippen molar-refractivity contribution < 1.29 is 9.84 Å². The molecule has 0 radical (unpaired) electrons. The highest BCUT2D eigenvalue weighted by atomic mass is 79.9. The molecule has 0 aliphatic carbocycles.